The molecule has 0 saturated carbocycles. The van der Waals surface area contributed by atoms with E-state index in [1.54, 1.807) is 47.9 Å². The van der Waals surface area contributed by atoms with Gasteiger partial charge in [0.1, 0.15) is 6.54 Å². The average Bonchev–Trinajstić information content (AvgIpc) is 2.89. The first-order chi connectivity index (χ1) is 17.1. The molecule has 0 spiro atoms. The fourth-order valence-electron chi connectivity index (χ4n) is 3.63. The van der Waals surface area contributed by atoms with E-state index in [9.17, 15) is 14.4 Å². The molecule has 8 heteroatoms. The Balaban J connectivity index is 1.63. The van der Waals surface area contributed by atoms with Crippen molar-refractivity contribution >= 4 is 40.2 Å². The monoisotopic (exact) mass is 487 g/mol. The number of amides is 1. The van der Waals surface area contributed by atoms with Gasteiger partial charge in [-0.2, -0.15) is 0 Å². The fraction of sp³-hybridized carbons (Fsp3) is 0.185. The third kappa shape index (κ3) is 5.96. The molecule has 35 heavy (non-hydrogen) atoms. The molecule has 0 aliphatic carbocycles. The Morgan fingerprint density at radius 3 is 2.31 bits per heavy atom. The minimum atomic E-state index is -0.487. The number of carbonyl (C=O) groups is 2. The molecular weight excluding hydrogens is 462 g/mol. The van der Waals surface area contributed by atoms with E-state index in [2.05, 4.69) is 0 Å². The summed E-state index contributed by atoms with van der Waals surface area (Å²) in [7, 11) is 0. The van der Waals surface area contributed by atoms with Crippen molar-refractivity contribution in [3.8, 4) is 0 Å². The van der Waals surface area contributed by atoms with E-state index in [1.165, 1.54) is 16.7 Å². The molecule has 0 bridgehead atoms. The largest absolute Gasteiger partial charge is 0.465 e. The van der Waals surface area contributed by atoms with Crippen LogP contribution < -0.4 is 10.5 Å². The van der Waals surface area contributed by atoms with E-state index in [4.69, 9.17) is 9.72 Å². The van der Waals surface area contributed by atoms with E-state index in [1.807, 2.05) is 48.5 Å². The molecule has 4 aromatic rings. The number of anilines is 1. The molecule has 0 unspecified atom stereocenters. The van der Waals surface area contributed by atoms with Gasteiger partial charge in [-0.05, 0) is 36.8 Å². The summed E-state index contributed by atoms with van der Waals surface area (Å²) in [6.45, 7) is 2.09. The van der Waals surface area contributed by atoms with Gasteiger partial charge >= 0.3 is 5.97 Å². The fourth-order valence-corrected chi connectivity index (χ4v) is 4.51. The summed E-state index contributed by atoms with van der Waals surface area (Å²) >= 11 is 1.18. The highest BCUT2D eigenvalue weighted by Gasteiger charge is 2.21. The van der Waals surface area contributed by atoms with E-state index < -0.39 is 5.97 Å². The van der Waals surface area contributed by atoms with Gasteiger partial charge < -0.3 is 9.64 Å². The summed E-state index contributed by atoms with van der Waals surface area (Å²) in [4.78, 5) is 44.8. The number of benzene rings is 3. The lowest BCUT2D eigenvalue weighted by atomic mass is 10.2. The smallest absolute Gasteiger partial charge is 0.326 e. The van der Waals surface area contributed by atoms with Crippen molar-refractivity contribution in [2.24, 2.45) is 0 Å². The van der Waals surface area contributed by atoms with Crippen molar-refractivity contribution in [1.29, 1.82) is 0 Å². The number of hydrogen-bond donors (Lipinski definition) is 0. The van der Waals surface area contributed by atoms with Gasteiger partial charge in [-0.1, -0.05) is 72.4 Å². The molecule has 1 amide bonds. The van der Waals surface area contributed by atoms with Crippen molar-refractivity contribution in [2.45, 2.75) is 18.6 Å². The Labute approximate surface area is 207 Å². The summed E-state index contributed by atoms with van der Waals surface area (Å²) in [5.74, 6) is -0.782. The van der Waals surface area contributed by atoms with Crippen LogP contribution >= 0.6 is 11.8 Å². The number of para-hydroxylation sites is 2. The van der Waals surface area contributed by atoms with Crippen LogP contribution in [0.15, 0.2) is 94.9 Å². The molecule has 0 saturated heterocycles. The van der Waals surface area contributed by atoms with Crippen LogP contribution in [0.5, 0.6) is 0 Å². The molecule has 0 radical (unpaired) electrons. The Morgan fingerprint density at radius 1 is 0.943 bits per heavy atom. The number of ether oxygens (including phenoxy) is 1. The van der Waals surface area contributed by atoms with E-state index in [0.29, 0.717) is 28.3 Å². The van der Waals surface area contributed by atoms with Gasteiger partial charge in [0.25, 0.3) is 5.56 Å². The molecule has 0 aliphatic rings. The van der Waals surface area contributed by atoms with Crippen LogP contribution in [0.2, 0.25) is 0 Å². The quantitative estimate of drug-likeness (QED) is 0.201. The van der Waals surface area contributed by atoms with Gasteiger partial charge in [0.2, 0.25) is 5.91 Å². The third-order valence-electron chi connectivity index (χ3n) is 5.30. The highest BCUT2D eigenvalue weighted by Crippen LogP contribution is 2.21. The van der Waals surface area contributed by atoms with Crippen molar-refractivity contribution in [1.82, 2.24) is 9.55 Å². The Morgan fingerprint density at radius 2 is 1.60 bits per heavy atom. The number of carbonyl (C=O) groups excluding carboxylic acids is 2. The maximum Gasteiger partial charge on any atom is 0.326 e. The van der Waals surface area contributed by atoms with Crippen LogP contribution in [0.25, 0.3) is 10.9 Å². The number of thioether (sulfide) groups is 1. The zero-order chi connectivity index (χ0) is 24.6. The van der Waals surface area contributed by atoms with Crippen molar-refractivity contribution in [3.63, 3.8) is 0 Å². The summed E-state index contributed by atoms with van der Waals surface area (Å²) < 4.78 is 6.65. The zero-order valence-electron chi connectivity index (χ0n) is 19.3. The molecule has 0 N–H and O–H groups in total. The van der Waals surface area contributed by atoms with Gasteiger partial charge in [-0.15, -0.1) is 0 Å². The van der Waals surface area contributed by atoms with Gasteiger partial charge in [-0.25, -0.2) is 4.98 Å². The average molecular weight is 488 g/mol. The third-order valence-corrected chi connectivity index (χ3v) is 6.26. The minimum Gasteiger partial charge on any atom is -0.465 e. The second-order valence-corrected chi connectivity index (χ2v) is 8.64. The molecule has 4 rings (SSSR count). The molecule has 0 aliphatic heterocycles. The predicted molar refractivity (Wildman–Crippen MR) is 138 cm³/mol. The first-order valence-corrected chi connectivity index (χ1v) is 12.2. The standard InChI is InChI=1S/C27H25N3O4S/c1-2-34-25(32)18-29(21-13-7-4-8-14-21)24(31)19-35-27-28-23-16-10-9-15-22(23)26(33)30(27)17-20-11-5-3-6-12-20/h3-16H,2,17-19H2,1H3. The van der Waals surface area contributed by atoms with Gasteiger partial charge in [0, 0.05) is 5.69 Å². The van der Waals surface area contributed by atoms with Gasteiger partial charge in [0.05, 0.1) is 29.8 Å². The van der Waals surface area contributed by atoms with E-state index >= 15 is 0 Å². The maximum absolute atomic E-state index is 13.3. The van der Waals surface area contributed by atoms with Crippen LogP contribution in [0.1, 0.15) is 12.5 Å². The van der Waals surface area contributed by atoms with Crippen molar-refractivity contribution in [2.75, 3.05) is 23.8 Å². The normalized spacial score (nSPS) is 10.8. The molecule has 0 fully saturated rings. The summed E-state index contributed by atoms with van der Waals surface area (Å²) in [5, 5.41) is 0.961. The topological polar surface area (TPSA) is 81.5 Å². The second-order valence-electron chi connectivity index (χ2n) is 7.70. The van der Waals surface area contributed by atoms with E-state index in [-0.39, 0.29) is 30.4 Å². The van der Waals surface area contributed by atoms with Crippen LogP contribution in [-0.2, 0) is 20.9 Å². The summed E-state index contributed by atoms with van der Waals surface area (Å²) in [6.07, 6.45) is 0. The zero-order valence-corrected chi connectivity index (χ0v) is 20.1. The highest BCUT2D eigenvalue weighted by atomic mass is 32.2. The Bertz CT molecular complexity index is 1370. The van der Waals surface area contributed by atoms with Crippen LogP contribution in [-0.4, -0.2) is 40.3 Å². The Kier molecular flexibility index (Phi) is 7.95. The number of rotatable bonds is 9. The van der Waals surface area contributed by atoms with Gasteiger partial charge in [-0.3, -0.25) is 19.0 Å². The maximum atomic E-state index is 13.3. The number of esters is 1. The second kappa shape index (κ2) is 11.5. The van der Waals surface area contributed by atoms with E-state index in [0.717, 1.165) is 5.56 Å². The molecule has 1 aromatic heterocycles. The minimum absolute atomic E-state index is 0.00608. The Hall–Kier alpha value is -3.91. The number of hydrogen-bond acceptors (Lipinski definition) is 6. The van der Waals surface area contributed by atoms with Gasteiger partial charge in [0.15, 0.2) is 5.16 Å². The molecule has 1 heterocycles. The molecule has 3 aromatic carbocycles. The lowest BCUT2D eigenvalue weighted by Crippen LogP contribution is -2.38. The lowest BCUT2D eigenvalue weighted by molar-refractivity contribution is -0.142. The van der Waals surface area contributed by atoms with Crippen molar-refractivity contribution in [3.05, 3.63) is 101 Å². The van der Waals surface area contributed by atoms with Crippen LogP contribution in [0, 0.1) is 0 Å². The first-order valence-electron chi connectivity index (χ1n) is 11.2. The predicted octanol–water partition coefficient (Wildman–Crippen LogP) is 4.13. The number of nitrogens with zero attached hydrogens (tertiary/aromatic N) is 3. The summed E-state index contributed by atoms with van der Waals surface area (Å²) in [5.41, 5.74) is 1.96. The molecular formula is C27H25N3O4S. The molecule has 7 nitrogen and oxygen atoms in total. The molecule has 0 atom stereocenters. The first kappa shape index (κ1) is 24.2. The lowest BCUT2D eigenvalue weighted by Gasteiger charge is -2.22. The van der Waals surface area contributed by atoms with Crippen molar-refractivity contribution < 1.29 is 14.3 Å². The van der Waals surface area contributed by atoms with Crippen LogP contribution in [0.4, 0.5) is 5.69 Å². The highest BCUT2D eigenvalue weighted by molar-refractivity contribution is 7.99. The molecule has 178 valence electrons. The summed E-state index contributed by atoms with van der Waals surface area (Å²) in [6, 6.07) is 25.8. The number of aromatic nitrogens is 2. The van der Waals surface area contributed by atoms with Crippen LogP contribution in [0.3, 0.4) is 0 Å². The number of fused-ring (bicyclic) bond motifs is 1. The SMILES string of the molecule is CCOC(=O)CN(C(=O)CSc1nc2ccccc2c(=O)n1Cc1ccccc1)c1ccccc1.